The molecule has 0 amide bonds. The Labute approximate surface area is 173 Å². The summed E-state index contributed by atoms with van der Waals surface area (Å²) in [4.78, 5) is -0.619. The summed E-state index contributed by atoms with van der Waals surface area (Å²) in [6.45, 7) is 0. The molecule has 0 spiro atoms. The van der Waals surface area contributed by atoms with E-state index in [9.17, 15) is 16.8 Å². The van der Waals surface area contributed by atoms with Crippen LogP contribution in [-0.4, -0.2) is 16.8 Å². The van der Waals surface area contributed by atoms with Crippen LogP contribution in [0.3, 0.4) is 0 Å². The summed E-state index contributed by atoms with van der Waals surface area (Å²) in [5, 5.41) is 0. The molecule has 11 heteroatoms. The molecule has 0 fully saturated rings. The zero-order chi connectivity index (χ0) is 17.0. The SMILES string of the molecule is O=S1(=O)Oc2c(I)cc(I)c(I)c2S(=O)(=O)Oc2ccccc21. The van der Waals surface area contributed by atoms with Gasteiger partial charge in [0.25, 0.3) is 0 Å². The lowest BCUT2D eigenvalue weighted by molar-refractivity contribution is 0.441. The monoisotopic (exact) mass is 690 g/mol. The summed E-state index contributed by atoms with van der Waals surface area (Å²) in [7, 11) is -8.47. The first-order valence-electron chi connectivity index (χ1n) is 5.79. The fraction of sp³-hybridized carbons (Fsp3) is 0. The van der Waals surface area contributed by atoms with Crippen LogP contribution >= 0.6 is 67.8 Å². The third-order valence-corrected chi connectivity index (χ3v) is 9.57. The van der Waals surface area contributed by atoms with Crippen molar-refractivity contribution in [1.29, 1.82) is 0 Å². The number of rotatable bonds is 0. The van der Waals surface area contributed by atoms with Crippen molar-refractivity contribution < 1.29 is 25.2 Å². The van der Waals surface area contributed by atoms with Gasteiger partial charge >= 0.3 is 20.2 Å². The summed E-state index contributed by atoms with van der Waals surface area (Å²) in [6, 6.07) is 7.08. The first kappa shape index (κ1) is 17.9. The van der Waals surface area contributed by atoms with E-state index in [4.69, 9.17) is 8.37 Å². The van der Waals surface area contributed by atoms with Gasteiger partial charge in [-0.25, -0.2) is 0 Å². The van der Waals surface area contributed by atoms with Gasteiger partial charge in [-0.3, -0.25) is 0 Å². The van der Waals surface area contributed by atoms with Gasteiger partial charge in [0, 0.05) is 3.57 Å². The first-order chi connectivity index (χ1) is 10.6. The fourth-order valence-electron chi connectivity index (χ4n) is 1.90. The van der Waals surface area contributed by atoms with Crippen molar-refractivity contribution in [3.8, 4) is 11.5 Å². The van der Waals surface area contributed by atoms with Crippen LogP contribution in [0.2, 0.25) is 0 Å². The minimum absolute atomic E-state index is 0.245. The minimum atomic E-state index is -4.25. The average molecular weight is 690 g/mol. The van der Waals surface area contributed by atoms with Crippen LogP contribution in [0.15, 0.2) is 40.1 Å². The molecular formula is C12H5I3O6S2. The molecule has 0 aromatic heterocycles. The number of benzene rings is 2. The number of hydrogen-bond donors (Lipinski definition) is 0. The highest BCUT2D eigenvalue weighted by Gasteiger charge is 2.36. The highest BCUT2D eigenvalue weighted by atomic mass is 127. The van der Waals surface area contributed by atoms with Gasteiger partial charge in [0.05, 0.1) is 7.14 Å². The van der Waals surface area contributed by atoms with Crippen molar-refractivity contribution in [3.05, 3.63) is 41.0 Å². The van der Waals surface area contributed by atoms with Crippen molar-refractivity contribution in [2.45, 2.75) is 9.79 Å². The van der Waals surface area contributed by atoms with E-state index in [1.54, 1.807) is 6.07 Å². The number of halogens is 3. The summed E-state index contributed by atoms with van der Waals surface area (Å²) >= 11 is 5.62. The van der Waals surface area contributed by atoms with Crippen molar-refractivity contribution in [3.63, 3.8) is 0 Å². The standard InChI is InChI=1S/C12H5I3O6S2/c13-6-5-7(14)11-12(10(6)15)23(18,19)20-8-3-1-2-4-9(8)22(16,17)21-11/h1-5H. The van der Waals surface area contributed by atoms with E-state index in [-0.39, 0.29) is 21.3 Å². The summed E-state index contributed by atoms with van der Waals surface area (Å²) in [5.41, 5.74) is 0. The Bertz CT molecular complexity index is 1030. The molecule has 1 heterocycles. The van der Waals surface area contributed by atoms with Crippen LogP contribution in [0.5, 0.6) is 11.5 Å². The molecule has 122 valence electrons. The maximum atomic E-state index is 12.6. The van der Waals surface area contributed by atoms with Gasteiger partial charge in [0.1, 0.15) is 4.90 Å². The van der Waals surface area contributed by atoms with Gasteiger partial charge in [-0.1, -0.05) is 12.1 Å². The zero-order valence-corrected chi connectivity index (χ0v) is 18.9. The van der Waals surface area contributed by atoms with Crippen molar-refractivity contribution in [2.75, 3.05) is 0 Å². The maximum absolute atomic E-state index is 12.6. The van der Waals surface area contributed by atoms with Crippen LogP contribution in [0.4, 0.5) is 0 Å². The highest BCUT2D eigenvalue weighted by molar-refractivity contribution is 14.1. The molecule has 1 aliphatic heterocycles. The molecule has 0 aliphatic carbocycles. The molecule has 1 aliphatic rings. The second-order valence-corrected chi connectivity index (χ2v) is 10.7. The fourth-order valence-corrected chi connectivity index (χ4v) is 7.85. The van der Waals surface area contributed by atoms with Gasteiger partial charge in [-0.05, 0) is 86.0 Å². The highest BCUT2D eigenvalue weighted by Crippen LogP contribution is 2.42. The van der Waals surface area contributed by atoms with E-state index in [1.165, 1.54) is 24.3 Å². The minimum Gasteiger partial charge on any atom is -0.377 e. The topological polar surface area (TPSA) is 86.7 Å². The van der Waals surface area contributed by atoms with E-state index in [0.29, 0.717) is 10.7 Å². The largest absolute Gasteiger partial charge is 0.377 e. The van der Waals surface area contributed by atoms with E-state index >= 15 is 0 Å². The van der Waals surface area contributed by atoms with Crippen LogP contribution in [-0.2, 0) is 20.2 Å². The Morgan fingerprint density at radius 2 is 1.48 bits per heavy atom. The summed E-state index contributed by atoms with van der Waals surface area (Å²) < 4.78 is 61.8. The van der Waals surface area contributed by atoms with Gasteiger partial charge in [0.2, 0.25) is 0 Å². The normalized spacial score (nSPS) is 17.7. The third-order valence-electron chi connectivity index (χ3n) is 2.85. The molecule has 2 aromatic rings. The molecule has 0 radical (unpaired) electrons. The first-order valence-corrected chi connectivity index (χ1v) is 11.8. The lowest BCUT2D eigenvalue weighted by Gasteiger charge is -2.20. The molecule has 0 saturated carbocycles. The van der Waals surface area contributed by atoms with Gasteiger partial charge in [0.15, 0.2) is 16.4 Å². The second kappa shape index (κ2) is 6.14. The zero-order valence-electron chi connectivity index (χ0n) is 10.8. The van der Waals surface area contributed by atoms with Gasteiger partial charge < -0.3 is 8.37 Å². The van der Waals surface area contributed by atoms with Gasteiger partial charge in [-0.2, -0.15) is 16.8 Å². The van der Waals surface area contributed by atoms with Crippen molar-refractivity contribution in [1.82, 2.24) is 0 Å². The molecule has 3 rings (SSSR count). The third kappa shape index (κ3) is 3.18. The van der Waals surface area contributed by atoms with Crippen LogP contribution in [0, 0.1) is 10.7 Å². The van der Waals surface area contributed by atoms with E-state index < -0.39 is 20.2 Å². The maximum Gasteiger partial charge on any atom is 0.344 e. The summed E-state index contributed by atoms with van der Waals surface area (Å²) in [5.74, 6) is -0.535. The van der Waals surface area contributed by atoms with E-state index in [0.717, 1.165) is 0 Å². The quantitative estimate of drug-likeness (QED) is 0.240. The Morgan fingerprint density at radius 1 is 0.826 bits per heavy atom. The van der Waals surface area contributed by atoms with E-state index in [1.807, 2.05) is 67.8 Å². The Kier molecular flexibility index (Phi) is 4.78. The predicted octanol–water partition coefficient (Wildman–Crippen LogP) is 3.35. The van der Waals surface area contributed by atoms with Crippen molar-refractivity contribution in [2.24, 2.45) is 0 Å². The molecule has 2 aromatic carbocycles. The van der Waals surface area contributed by atoms with Gasteiger partial charge in [-0.15, -0.1) is 0 Å². The van der Waals surface area contributed by atoms with E-state index in [2.05, 4.69) is 0 Å². The number of fused-ring (bicyclic) bond motifs is 2. The molecule has 0 unspecified atom stereocenters. The van der Waals surface area contributed by atoms with Crippen LogP contribution < -0.4 is 8.37 Å². The molecule has 0 saturated heterocycles. The Morgan fingerprint density at radius 3 is 2.17 bits per heavy atom. The van der Waals surface area contributed by atoms with Crippen LogP contribution in [0.1, 0.15) is 0 Å². The molecular weight excluding hydrogens is 685 g/mol. The molecule has 23 heavy (non-hydrogen) atoms. The predicted molar refractivity (Wildman–Crippen MR) is 107 cm³/mol. The molecule has 0 N–H and O–H groups in total. The second-order valence-electron chi connectivity index (χ2n) is 4.33. The Balaban J connectivity index is 2.43. The lowest BCUT2D eigenvalue weighted by atomic mass is 10.3. The lowest BCUT2D eigenvalue weighted by Crippen LogP contribution is -2.22. The molecule has 0 bridgehead atoms. The molecule has 6 nitrogen and oxygen atoms in total. The smallest absolute Gasteiger partial charge is 0.344 e. The number of para-hydroxylation sites is 1. The summed E-state index contributed by atoms with van der Waals surface area (Å²) in [6.07, 6.45) is 0. The molecule has 0 atom stereocenters. The Hall–Kier alpha value is 0.130. The van der Waals surface area contributed by atoms with Crippen molar-refractivity contribution >= 4 is 88.0 Å². The number of hydrogen-bond acceptors (Lipinski definition) is 6. The average Bonchev–Trinajstić information content (AvgIpc) is 2.43. The van der Waals surface area contributed by atoms with Crippen LogP contribution in [0.25, 0.3) is 0 Å².